The van der Waals surface area contributed by atoms with E-state index in [0.29, 0.717) is 24.3 Å². The number of aryl methyl sites for hydroxylation is 1. The molecular formula is C30H40O5. The predicted molar refractivity (Wildman–Crippen MR) is 138 cm³/mol. The molecule has 1 aliphatic carbocycles. The van der Waals surface area contributed by atoms with Crippen molar-refractivity contribution in [3.63, 3.8) is 0 Å². The number of hydrogen-bond acceptors (Lipinski definition) is 5. The van der Waals surface area contributed by atoms with E-state index < -0.39 is 5.97 Å². The molecule has 35 heavy (non-hydrogen) atoms. The second-order valence-corrected chi connectivity index (χ2v) is 9.58. The standard InChI is InChI=1S/C30H40O5/c1-4-6-8-10-22(3)34-30(32)26-12-11-25-21-28(18-15-24(25)20-26)35-29(31)23-13-16-27(17-14-23)33-19-9-7-5-2/h13-18,21-22,26H,4-12,19-20H2,1-3H3/t22-,26?/m0/s1. The number of hydrogen-bond donors (Lipinski definition) is 0. The summed E-state index contributed by atoms with van der Waals surface area (Å²) in [7, 11) is 0. The van der Waals surface area contributed by atoms with Gasteiger partial charge in [0.05, 0.1) is 24.2 Å². The Morgan fingerprint density at radius 2 is 1.63 bits per heavy atom. The number of ether oxygens (including phenoxy) is 3. The van der Waals surface area contributed by atoms with Crippen molar-refractivity contribution >= 4 is 11.9 Å². The first-order valence-electron chi connectivity index (χ1n) is 13.3. The fourth-order valence-corrected chi connectivity index (χ4v) is 4.43. The van der Waals surface area contributed by atoms with E-state index >= 15 is 0 Å². The monoisotopic (exact) mass is 480 g/mol. The third-order valence-electron chi connectivity index (χ3n) is 6.59. The molecule has 1 aliphatic rings. The summed E-state index contributed by atoms with van der Waals surface area (Å²) in [6, 6.07) is 12.8. The molecule has 5 nitrogen and oxygen atoms in total. The third-order valence-corrected chi connectivity index (χ3v) is 6.59. The quantitative estimate of drug-likeness (QED) is 0.174. The number of esters is 2. The topological polar surface area (TPSA) is 61.8 Å². The predicted octanol–water partition coefficient (Wildman–Crippen LogP) is 7.09. The zero-order valence-corrected chi connectivity index (χ0v) is 21.5. The van der Waals surface area contributed by atoms with Crippen LogP contribution in [0.3, 0.4) is 0 Å². The summed E-state index contributed by atoms with van der Waals surface area (Å²) in [6.07, 6.45) is 9.85. The van der Waals surface area contributed by atoms with Crippen LogP contribution >= 0.6 is 0 Å². The Hall–Kier alpha value is -2.82. The van der Waals surface area contributed by atoms with Gasteiger partial charge >= 0.3 is 11.9 Å². The number of rotatable bonds is 13. The van der Waals surface area contributed by atoms with Gasteiger partial charge in [0.1, 0.15) is 11.5 Å². The molecule has 0 radical (unpaired) electrons. The van der Waals surface area contributed by atoms with Gasteiger partial charge in [-0.3, -0.25) is 4.79 Å². The van der Waals surface area contributed by atoms with E-state index in [9.17, 15) is 9.59 Å². The van der Waals surface area contributed by atoms with Crippen molar-refractivity contribution in [3.05, 3.63) is 59.2 Å². The van der Waals surface area contributed by atoms with Crippen LogP contribution in [0.25, 0.3) is 0 Å². The van der Waals surface area contributed by atoms with E-state index in [1.165, 1.54) is 6.42 Å². The lowest BCUT2D eigenvalue weighted by molar-refractivity contribution is -0.154. The Bertz CT molecular complexity index is 950. The van der Waals surface area contributed by atoms with Crippen molar-refractivity contribution < 1.29 is 23.8 Å². The summed E-state index contributed by atoms with van der Waals surface area (Å²) < 4.78 is 17.0. The van der Waals surface area contributed by atoms with Crippen LogP contribution in [0.15, 0.2) is 42.5 Å². The van der Waals surface area contributed by atoms with E-state index in [0.717, 1.165) is 68.2 Å². The number of carbonyl (C=O) groups excluding carboxylic acids is 2. The third kappa shape index (κ3) is 8.41. The average molecular weight is 481 g/mol. The SMILES string of the molecule is CCCCCOc1ccc(C(=O)Oc2ccc3c(c2)CCC(C(=O)O[C@@H](C)CCCCC)C3)cc1. The van der Waals surface area contributed by atoms with Crippen LogP contribution in [0, 0.1) is 5.92 Å². The van der Waals surface area contributed by atoms with Crippen LogP contribution in [-0.2, 0) is 22.4 Å². The van der Waals surface area contributed by atoms with Gasteiger partial charge in [0.15, 0.2) is 0 Å². The fourth-order valence-electron chi connectivity index (χ4n) is 4.43. The van der Waals surface area contributed by atoms with E-state index in [-0.39, 0.29) is 18.0 Å². The molecule has 0 bridgehead atoms. The maximum absolute atomic E-state index is 12.6. The minimum Gasteiger partial charge on any atom is -0.494 e. The number of fused-ring (bicyclic) bond motifs is 1. The molecule has 0 aromatic heterocycles. The largest absolute Gasteiger partial charge is 0.494 e. The van der Waals surface area contributed by atoms with E-state index in [4.69, 9.17) is 14.2 Å². The van der Waals surface area contributed by atoms with Crippen molar-refractivity contribution in [2.45, 2.75) is 91.1 Å². The summed E-state index contributed by atoms with van der Waals surface area (Å²) in [4.78, 5) is 25.2. The number of carbonyl (C=O) groups is 2. The first-order valence-corrected chi connectivity index (χ1v) is 13.3. The second kappa shape index (κ2) is 13.9. The Morgan fingerprint density at radius 1 is 0.914 bits per heavy atom. The maximum atomic E-state index is 12.6. The van der Waals surface area contributed by atoms with Gasteiger partial charge in [-0.25, -0.2) is 4.79 Å². The Labute approximate surface area is 210 Å². The number of benzene rings is 2. The first-order chi connectivity index (χ1) is 17.0. The van der Waals surface area contributed by atoms with Gasteiger partial charge < -0.3 is 14.2 Å². The van der Waals surface area contributed by atoms with Gasteiger partial charge in [0.25, 0.3) is 0 Å². The minimum absolute atomic E-state index is 0.0288. The molecule has 190 valence electrons. The van der Waals surface area contributed by atoms with Crippen molar-refractivity contribution in [1.29, 1.82) is 0 Å². The van der Waals surface area contributed by atoms with Crippen molar-refractivity contribution in [2.24, 2.45) is 5.92 Å². The van der Waals surface area contributed by atoms with Gasteiger partial charge in [-0.2, -0.15) is 0 Å². The highest BCUT2D eigenvalue weighted by atomic mass is 16.5. The molecule has 0 saturated heterocycles. The lowest BCUT2D eigenvalue weighted by Crippen LogP contribution is -2.27. The molecule has 2 aromatic rings. The van der Waals surface area contributed by atoms with Crippen LogP contribution in [0.5, 0.6) is 11.5 Å². The summed E-state index contributed by atoms with van der Waals surface area (Å²) in [5, 5.41) is 0. The highest BCUT2D eigenvalue weighted by Crippen LogP contribution is 2.30. The zero-order chi connectivity index (χ0) is 25.0. The summed E-state index contributed by atoms with van der Waals surface area (Å²) in [5.41, 5.74) is 2.74. The Kier molecular flexibility index (Phi) is 10.6. The first kappa shape index (κ1) is 26.8. The smallest absolute Gasteiger partial charge is 0.343 e. The molecule has 3 rings (SSSR count). The number of unbranched alkanes of at least 4 members (excludes halogenated alkanes) is 4. The summed E-state index contributed by atoms with van der Waals surface area (Å²) in [5.74, 6) is 0.700. The van der Waals surface area contributed by atoms with Gasteiger partial charge in [-0.15, -0.1) is 0 Å². The second-order valence-electron chi connectivity index (χ2n) is 9.58. The van der Waals surface area contributed by atoms with Crippen molar-refractivity contribution in [2.75, 3.05) is 6.61 Å². The summed E-state index contributed by atoms with van der Waals surface area (Å²) in [6.45, 7) is 7.00. The molecule has 0 N–H and O–H groups in total. The fraction of sp³-hybridized carbons (Fsp3) is 0.533. The van der Waals surface area contributed by atoms with E-state index in [2.05, 4.69) is 13.8 Å². The molecule has 1 unspecified atom stereocenters. The lowest BCUT2D eigenvalue weighted by Gasteiger charge is -2.25. The van der Waals surface area contributed by atoms with Crippen molar-refractivity contribution in [3.8, 4) is 11.5 Å². The molecule has 0 amide bonds. The molecule has 5 heteroatoms. The van der Waals surface area contributed by atoms with E-state index in [1.807, 2.05) is 25.1 Å². The molecule has 0 saturated carbocycles. The van der Waals surface area contributed by atoms with Crippen LogP contribution in [0.4, 0.5) is 0 Å². The van der Waals surface area contributed by atoms with Crippen molar-refractivity contribution in [1.82, 2.24) is 0 Å². The van der Waals surface area contributed by atoms with Gasteiger partial charge in [-0.1, -0.05) is 45.6 Å². The normalized spacial score (nSPS) is 15.7. The Balaban J connectivity index is 1.50. The molecule has 0 spiro atoms. The van der Waals surface area contributed by atoms with Gasteiger partial charge in [0, 0.05) is 0 Å². The van der Waals surface area contributed by atoms with Crippen LogP contribution in [0.1, 0.15) is 93.6 Å². The molecule has 0 fully saturated rings. The maximum Gasteiger partial charge on any atom is 0.343 e. The van der Waals surface area contributed by atoms with Crippen LogP contribution < -0.4 is 9.47 Å². The minimum atomic E-state index is -0.392. The van der Waals surface area contributed by atoms with Crippen LogP contribution in [0.2, 0.25) is 0 Å². The molecule has 0 aliphatic heterocycles. The zero-order valence-electron chi connectivity index (χ0n) is 21.5. The highest BCUT2D eigenvalue weighted by Gasteiger charge is 2.27. The van der Waals surface area contributed by atoms with Gasteiger partial charge in [0.2, 0.25) is 0 Å². The van der Waals surface area contributed by atoms with E-state index in [1.54, 1.807) is 24.3 Å². The lowest BCUT2D eigenvalue weighted by atomic mass is 9.84. The Morgan fingerprint density at radius 3 is 2.37 bits per heavy atom. The molecule has 2 aromatic carbocycles. The van der Waals surface area contributed by atoms with Gasteiger partial charge in [-0.05, 0) is 93.0 Å². The summed E-state index contributed by atoms with van der Waals surface area (Å²) >= 11 is 0. The molecule has 2 atom stereocenters. The average Bonchev–Trinajstić information content (AvgIpc) is 2.86. The highest BCUT2D eigenvalue weighted by molar-refractivity contribution is 5.91. The van der Waals surface area contributed by atoms with Crippen LogP contribution in [-0.4, -0.2) is 24.6 Å². The molecular weight excluding hydrogens is 440 g/mol. The molecule has 0 heterocycles.